The standard InChI is InChI=1S/C18H16N2O9S3/c21-18-15-4-2-1-3-14(15)17(32(25,26)27)11-16(18)20-19-12-5-7-13(8-6-12)31(23,24)10-9-30-29-28-22/h1-8,11,21-22H,9-10H2,(H,25,26,27). The smallest absolute Gasteiger partial charge is 0.295 e. The number of hydrogen-bond donors (Lipinski definition) is 3. The van der Waals surface area contributed by atoms with Crippen LogP contribution in [0.4, 0.5) is 11.4 Å². The van der Waals surface area contributed by atoms with E-state index in [1.165, 1.54) is 36.4 Å². The molecule has 0 aliphatic heterocycles. The molecule has 14 heteroatoms. The van der Waals surface area contributed by atoms with Gasteiger partial charge in [-0.3, -0.25) is 4.55 Å². The summed E-state index contributed by atoms with van der Waals surface area (Å²) in [7, 11) is -8.22. The maximum Gasteiger partial charge on any atom is 0.295 e. The van der Waals surface area contributed by atoms with E-state index < -0.39 is 24.9 Å². The zero-order valence-corrected chi connectivity index (χ0v) is 18.5. The Morgan fingerprint density at radius 3 is 2.22 bits per heavy atom. The molecule has 170 valence electrons. The summed E-state index contributed by atoms with van der Waals surface area (Å²) in [4.78, 5) is -0.418. The third-order valence-corrected chi connectivity index (χ3v) is 7.63. The van der Waals surface area contributed by atoms with Gasteiger partial charge in [-0.05, 0) is 30.3 Å². The summed E-state index contributed by atoms with van der Waals surface area (Å²) in [5, 5.41) is 29.9. The molecular formula is C18H16N2O9S3. The van der Waals surface area contributed by atoms with Gasteiger partial charge < -0.3 is 5.11 Å². The molecule has 0 fully saturated rings. The van der Waals surface area contributed by atoms with Crippen LogP contribution >= 0.6 is 12.0 Å². The van der Waals surface area contributed by atoms with Gasteiger partial charge in [0.1, 0.15) is 10.6 Å². The van der Waals surface area contributed by atoms with Crippen LogP contribution in [0, 0.1) is 0 Å². The van der Waals surface area contributed by atoms with Gasteiger partial charge in [-0.2, -0.15) is 13.5 Å². The number of phenolic OH excluding ortho intramolecular Hbond substituents is 1. The van der Waals surface area contributed by atoms with E-state index in [0.29, 0.717) is 12.0 Å². The lowest BCUT2D eigenvalue weighted by molar-refractivity contribution is -0.432. The molecule has 0 aromatic heterocycles. The van der Waals surface area contributed by atoms with Gasteiger partial charge in [0, 0.05) is 28.6 Å². The number of rotatable bonds is 9. The number of fused-ring (bicyclic) bond motifs is 1. The molecule has 3 rings (SSSR count). The molecule has 0 aliphatic carbocycles. The molecule has 0 amide bonds. The molecule has 0 heterocycles. The molecular weight excluding hydrogens is 484 g/mol. The average Bonchev–Trinajstić information content (AvgIpc) is 2.76. The Morgan fingerprint density at radius 2 is 1.59 bits per heavy atom. The monoisotopic (exact) mass is 500 g/mol. The van der Waals surface area contributed by atoms with Crippen molar-refractivity contribution in [1.82, 2.24) is 0 Å². The topological polar surface area (TPSA) is 172 Å². The molecule has 3 aromatic carbocycles. The maximum atomic E-state index is 12.2. The van der Waals surface area contributed by atoms with Crippen molar-refractivity contribution in [3.63, 3.8) is 0 Å². The highest BCUT2D eigenvalue weighted by molar-refractivity contribution is 7.97. The molecule has 32 heavy (non-hydrogen) atoms. The molecule has 0 aliphatic rings. The van der Waals surface area contributed by atoms with Crippen molar-refractivity contribution in [3.8, 4) is 5.75 Å². The fourth-order valence-corrected chi connectivity index (χ4v) is 5.52. The molecule has 0 atom stereocenters. The Bertz CT molecular complexity index is 1360. The zero-order valence-electron chi connectivity index (χ0n) is 16.0. The van der Waals surface area contributed by atoms with Crippen molar-refractivity contribution in [2.45, 2.75) is 9.79 Å². The van der Waals surface area contributed by atoms with E-state index in [1.807, 2.05) is 0 Å². The highest BCUT2D eigenvalue weighted by Crippen LogP contribution is 2.39. The largest absolute Gasteiger partial charge is 0.505 e. The number of azo groups is 1. The Balaban J connectivity index is 1.88. The van der Waals surface area contributed by atoms with E-state index in [2.05, 4.69) is 19.6 Å². The van der Waals surface area contributed by atoms with Crippen molar-refractivity contribution in [2.24, 2.45) is 10.2 Å². The van der Waals surface area contributed by atoms with Gasteiger partial charge >= 0.3 is 0 Å². The fourth-order valence-electron chi connectivity index (χ4n) is 2.75. The van der Waals surface area contributed by atoms with Crippen molar-refractivity contribution < 1.29 is 41.1 Å². The van der Waals surface area contributed by atoms with Crippen LogP contribution in [-0.2, 0) is 29.3 Å². The number of benzene rings is 3. The molecule has 0 bridgehead atoms. The Labute approximate surface area is 187 Å². The van der Waals surface area contributed by atoms with Crippen molar-refractivity contribution in [3.05, 3.63) is 54.6 Å². The summed E-state index contributed by atoms with van der Waals surface area (Å²) < 4.78 is 61.6. The van der Waals surface area contributed by atoms with Gasteiger partial charge in [-0.15, -0.1) is 9.45 Å². The quantitative estimate of drug-likeness (QED) is 0.0971. The molecule has 11 nitrogen and oxygen atoms in total. The number of phenols is 1. The average molecular weight is 501 g/mol. The molecule has 0 saturated heterocycles. The normalized spacial score (nSPS) is 12.6. The van der Waals surface area contributed by atoms with Crippen LogP contribution < -0.4 is 0 Å². The predicted molar refractivity (Wildman–Crippen MR) is 115 cm³/mol. The minimum Gasteiger partial charge on any atom is -0.505 e. The van der Waals surface area contributed by atoms with Gasteiger partial charge in [-0.25, -0.2) is 13.7 Å². The van der Waals surface area contributed by atoms with E-state index in [1.54, 1.807) is 12.1 Å². The van der Waals surface area contributed by atoms with E-state index in [9.17, 15) is 26.5 Å². The van der Waals surface area contributed by atoms with Crippen LogP contribution in [0.25, 0.3) is 10.8 Å². The molecule has 3 N–H and O–H groups in total. The summed E-state index contributed by atoms with van der Waals surface area (Å²) in [5.41, 5.74) is 0.0347. The van der Waals surface area contributed by atoms with Gasteiger partial charge in [-0.1, -0.05) is 29.3 Å². The van der Waals surface area contributed by atoms with Crippen LogP contribution in [0.5, 0.6) is 5.75 Å². The zero-order chi connectivity index (χ0) is 23.4. The maximum absolute atomic E-state index is 12.2. The summed E-state index contributed by atoms with van der Waals surface area (Å²) in [6.07, 6.45) is 0. The molecule has 0 spiro atoms. The van der Waals surface area contributed by atoms with Gasteiger partial charge in [0.2, 0.25) is 0 Å². The van der Waals surface area contributed by atoms with Crippen LogP contribution in [0.15, 0.2) is 74.6 Å². The minimum atomic E-state index is -4.60. The second-order valence-electron chi connectivity index (χ2n) is 6.24. The van der Waals surface area contributed by atoms with E-state index in [-0.39, 0.29) is 44.3 Å². The number of aromatic hydroxyl groups is 1. The molecule has 3 aromatic rings. The third-order valence-electron chi connectivity index (χ3n) is 4.22. The van der Waals surface area contributed by atoms with Gasteiger partial charge in [0.25, 0.3) is 10.1 Å². The lowest BCUT2D eigenvalue weighted by Crippen LogP contribution is -2.08. The van der Waals surface area contributed by atoms with E-state index in [4.69, 9.17) is 5.26 Å². The first kappa shape index (κ1) is 24.1. The van der Waals surface area contributed by atoms with Crippen molar-refractivity contribution in [2.75, 3.05) is 11.5 Å². The van der Waals surface area contributed by atoms with Crippen LogP contribution in [0.2, 0.25) is 0 Å². The predicted octanol–water partition coefficient (Wildman–Crippen LogP) is 4.05. The first-order chi connectivity index (χ1) is 15.1. The summed E-state index contributed by atoms with van der Waals surface area (Å²) in [6, 6.07) is 12.4. The highest BCUT2D eigenvalue weighted by Gasteiger charge is 2.19. The van der Waals surface area contributed by atoms with Gasteiger partial charge in [0.05, 0.1) is 16.3 Å². The third kappa shape index (κ3) is 5.60. The Morgan fingerprint density at radius 1 is 0.938 bits per heavy atom. The molecule has 0 radical (unpaired) electrons. The fraction of sp³-hybridized carbons (Fsp3) is 0.111. The number of hydrogen-bond acceptors (Lipinski definition) is 11. The molecule has 0 saturated carbocycles. The first-order valence-corrected chi connectivity index (χ1v) is 12.7. The van der Waals surface area contributed by atoms with Crippen molar-refractivity contribution >= 4 is 54.1 Å². The highest BCUT2D eigenvalue weighted by atomic mass is 32.2. The number of sulfone groups is 1. The van der Waals surface area contributed by atoms with E-state index >= 15 is 0 Å². The van der Waals surface area contributed by atoms with Gasteiger partial charge in [0.15, 0.2) is 15.6 Å². The summed E-state index contributed by atoms with van der Waals surface area (Å²) >= 11 is 0.619. The lowest BCUT2D eigenvalue weighted by atomic mass is 10.1. The SMILES string of the molecule is O=S(=O)(O)c1cc(N=Nc2ccc(S(=O)(=O)CCSOOO)cc2)c(O)c2ccccc12. The van der Waals surface area contributed by atoms with Crippen LogP contribution in [0.1, 0.15) is 0 Å². The van der Waals surface area contributed by atoms with Crippen LogP contribution in [-0.4, -0.2) is 43.3 Å². The number of nitrogens with zero attached hydrogens (tertiary/aromatic N) is 2. The first-order valence-electron chi connectivity index (χ1n) is 8.70. The van der Waals surface area contributed by atoms with Crippen LogP contribution in [0.3, 0.4) is 0 Å². The minimum absolute atomic E-state index is 0.0156. The second kappa shape index (κ2) is 9.91. The van der Waals surface area contributed by atoms with E-state index in [0.717, 1.165) is 6.07 Å². The van der Waals surface area contributed by atoms with Crippen molar-refractivity contribution in [1.29, 1.82) is 0 Å². The second-order valence-corrected chi connectivity index (χ2v) is 10.5. The lowest BCUT2D eigenvalue weighted by Gasteiger charge is -2.08. The summed E-state index contributed by atoms with van der Waals surface area (Å²) in [5.74, 6) is -0.588. The Hall–Kier alpha value is -2.59. The Kier molecular flexibility index (Phi) is 7.45. The summed E-state index contributed by atoms with van der Waals surface area (Å²) in [6.45, 7) is 0. The molecule has 0 unspecified atom stereocenters.